The number of hydrogen-bond donors (Lipinski definition) is 1. The molecule has 3 rings (SSSR count). The first-order valence-electron chi connectivity index (χ1n) is 7.93. The van der Waals surface area contributed by atoms with E-state index in [2.05, 4.69) is 32.9 Å². The summed E-state index contributed by atoms with van der Waals surface area (Å²) in [6.45, 7) is 6.75. The summed E-state index contributed by atoms with van der Waals surface area (Å²) in [5.41, 5.74) is 4.10. The number of phenolic OH excluding ortho intramolecular Hbond substituents is 1. The molecule has 1 aromatic carbocycles. The lowest BCUT2D eigenvalue weighted by Crippen LogP contribution is -2.29. The molecule has 2 aliphatic rings. The summed E-state index contributed by atoms with van der Waals surface area (Å²) in [5.74, 6) is 3.35. The molecule has 0 saturated heterocycles. The van der Waals surface area contributed by atoms with E-state index in [9.17, 15) is 5.11 Å². The van der Waals surface area contributed by atoms with E-state index < -0.39 is 0 Å². The molecule has 0 aromatic heterocycles. The number of phenols is 1. The number of aromatic hydroxyl groups is 1. The van der Waals surface area contributed by atoms with E-state index in [0.717, 1.165) is 17.4 Å². The molecule has 2 aliphatic carbocycles. The summed E-state index contributed by atoms with van der Waals surface area (Å²) in [4.78, 5) is 0. The molecule has 1 saturated carbocycles. The molecule has 1 fully saturated rings. The monoisotopic (exact) mass is 258 g/mol. The molecule has 3 atom stereocenters. The quantitative estimate of drug-likeness (QED) is 0.753. The fourth-order valence-corrected chi connectivity index (χ4v) is 4.37. The first-order chi connectivity index (χ1) is 9.08. The molecular formula is C18H26O. The Morgan fingerprint density at radius 3 is 2.68 bits per heavy atom. The zero-order valence-corrected chi connectivity index (χ0v) is 12.4. The van der Waals surface area contributed by atoms with Crippen LogP contribution in [-0.2, 0) is 6.42 Å². The fraction of sp³-hybridized carbons (Fsp3) is 0.667. The van der Waals surface area contributed by atoms with E-state index in [1.165, 1.54) is 43.2 Å². The van der Waals surface area contributed by atoms with Crippen LogP contribution in [0.5, 0.6) is 5.75 Å². The highest BCUT2D eigenvalue weighted by atomic mass is 16.3. The molecule has 1 aromatic rings. The van der Waals surface area contributed by atoms with Crippen LogP contribution in [0.2, 0.25) is 0 Å². The van der Waals surface area contributed by atoms with Crippen molar-refractivity contribution < 1.29 is 5.11 Å². The Morgan fingerprint density at radius 1 is 1.16 bits per heavy atom. The summed E-state index contributed by atoms with van der Waals surface area (Å²) in [7, 11) is 0. The maximum absolute atomic E-state index is 10.3. The third-order valence-electron chi connectivity index (χ3n) is 5.48. The van der Waals surface area contributed by atoms with E-state index in [1.807, 2.05) is 0 Å². The smallest absolute Gasteiger partial charge is 0.119 e. The van der Waals surface area contributed by atoms with Crippen LogP contribution in [0.15, 0.2) is 12.1 Å². The van der Waals surface area contributed by atoms with Gasteiger partial charge in [0.25, 0.3) is 0 Å². The van der Waals surface area contributed by atoms with E-state index in [1.54, 1.807) is 0 Å². The van der Waals surface area contributed by atoms with Gasteiger partial charge in [0.05, 0.1) is 0 Å². The van der Waals surface area contributed by atoms with Gasteiger partial charge in [-0.3, -0.25) is 0 Å². The molecule has 3 unspecified atom stereocenters. The third-order valence-corrected chi connectivity index (χ3v) is 5.48. The summed E-state index contributed by atoms with van der Waals surface area (Å²) in [6, 6.07) is 4.38. The van der Waals surface area contributed by atoms with Crippen LogP contribution in [0, 0.1) is 11.8 Å². The van der Waals surface area contributed by atoms with E-state index >= 15 is 0 Å². The summed E-state index contributed by atoms with van der Waals surface area (Å²) in [6.07, 6.45) is 6.63. The van der Waals surface area contributed by atoms with Crippen molar-refractivity contribution in [3.05, 3.63) is 28.8 Å². The summed E-state index contributed by atoms with van der Waals surface area (Å²) < 4.78 is 0. The van der Waals surface area contributed by atoms with Crippen molar-refractivity contribution in [2.45, 2.75) is 64.7 Å². The number of benzene rings is 1. The van der Waals surface area contributed by atoms with Crippen LogP contribution in [-0.4, -0.2) is 5.11 Å². The van der Waals surface area contributed by atoms with E-state index in [0.29, 0.717) is 17.6 Å². The Kier molecular flexibility index (Phi) is 3.32. The van der Waals surface area contributed by atoms with Gasteiger partial charge in [0.1, 0.15) is 5.75 Å². The summed E-state index contributed by atoms with van der Waals surface area (Å²) >= 11 is 0. The average molecular weight is 258 g/mol. The second-order valence-electron chi connectivity index (χ2n) is 6.98. The zero-order chi connectivity index (χ0) is 13.6. The van der Waals surface area contributed by atoms with Crippen LogP contribution in [0.4, 0.5) is 0 Å². The predicted molar refractivity (Wildman–Crippen MR) is 79.8 cm³/mol. The van der Waals surface area contributed by atoms with Crippen LogP contribution < -0.4 is 0 Å². The molecule has 0 spiro atoms. The first kappa shape index (κ1) is 13.0. The Balaban J connectivity index is 2.01. The molecular weight excluding hydrogens is 232 g/mol. The average Bonchev–Trinajstić information content (AvgIpc) is 2.38. The van der Waals surface area contributed by atoms with Crippen molar-refractivity contribution in [3.63, 3.8) is 0 Å². The molecule has 0 amide bonds. The van der Waals surface area contributed by atoms with Crippen molar-refractivity contribution in [1.29, 1.82) is 0 Å². The van der Waals surface area contributed by atoms with Gasteiger partial charge >= 0.3 is 0 Å². The molecule has 1 nitrogen and oxygen atoms in total. The second-order valence-corrected chi connectivity index (χ2v) is 6.98. The molecule has 0 heterocycles. The van der Waals surface area contributed by atoms with Crippen molar-refractivity contribution in [2.75, 3.05) is 0 Å². The summed E-state index contributed by atoms with van der Waals surface area (Å²) in [5, 5.41) is 10.3. The fourth-order valence-electron chi connectivity index (χ4n) is 4.37. The van der Waals surface area contributed by atoms with E-state index in [-0.39, 0.29) is 0 Å². The molecule has 0 bridgehead atoms. The van der Waals surface area contributed by atoms with Crippen molar-refractivity contribution in [1.82, 2.24) is 0 Å². The lowest BCUT2D eigenvalue weighted by atomic mass is 9.64. The standard InChI is InChI=1S/C18H26O/c1-11(2)16-9-13-7-8-14-12(3)5-4-6-15(14)17(13)10-18(16)19/h9-12,14-15,19H,4-8H2,1-3H3. The number of aryl methyl sites for hydroxylation is 1. The van der Waals surface area contributed by atoms with Gasteiger partial charge in [0.15, 0.2) is 0 Å². The molecule has 1 heteroatoms. The third kappa shape index (κ3) is 2.17. The molecule has 1 N–H and O–H groups in total. The maximum atomic E-state index is 10.3. The first-order valence-corrected chi connectivity index (χ1v) is 7.93. The largest absolute Gasteiger partial charge is 0.508 e. The van der Waals surface area contributed by atoms with Crippen LogP contribution in [0.25, 0.3) is 0 Å². The van der Waals surface area contributed by atoms with Crippen molar-refractivity contribution >= 4 is 0 Å². The second kappa shape index (κ2) is 4.85. The number of hydrogen-bond acceptors (Lipinski definition) is 1. The topological polar surface area (TPSA) is 20.2 Å². The highest BCUT2D eigenvalue weighted by molar-refractivity contribution is 5.46. The van der Waals surface area contributed by atoms with Gasteiger partial charge in [0.2, 0.25) is 0 Å². The van der Waals surface area contributed by atoms with Gasteiger partial charge in [-0.2, -0.15) is 0 Å². The Morgan fingerprint density at radius 2 is 1.95 bits per heavy atom. The van der Waals surface area contributed by atoms with Crippen LogP contribution in [0.1, 0.15) is 75.0 Å². The van der Waals surface area contributed by atoms with Crippen molar-refractivity contribution in [3.8, 4) is 5.75 Å². The minimum Gasteiger partial charge on any atom is -0.508 e. The van der Waals surface area contributed by atoms with Gasteiger partial charge in [0, 0.05) is 0 Å². The van der Waals surface area contributed by atoms with E-state index in [4.69, 9.17) is 0 Å². The lowest BCUT2D eigenvalue weighted by molar-refractivity contribution is 0.195. The molecule has 0 aliphatic heterocycles. The molecule has 104 valence electrons. The normalized spacial score (nSPS) is 30.0. The maximum Gasteiger partial charge on any atom is 0.119 e. The van der Waals surface area contributed by atoms with Crippen molar-refractivity contribution in [2.24, 2.45) is 11.8 Å². The predicted octanol–water partition coefficient (Wildman–Crippen LogP) is 4.98. The number of rotatable bonds is 1. The Hall–Kier alpha value is -0.980. The highest BCUT2D eigenvalue weighted by Gasteiger charge is 2.36. The van der Waals surface area contributed by atoms with Gasteiger partial charge in [-0.15, -0.1) is 0 Å². The van der Waals surface area contributed by atoms with Crippen LogP contribution >= 0.6 is 0 Å². The van der Waals surface area contributed by atoms with Crippen LogP contribution in [0.3, 0.4) is 0 Å². The van der Waals surface area contributed by atoms with Gasteiger partial charge in [-0.25, -0.2) is 0 Å². The highest BCUT2D eigenvalue weighted by Crippen LogP contribution is 2.49. The lowest BCUT2D eigenvalue weighted by Gasteiger charge is -2.41. The molecule has 19 heavy (non-hydrogen) atoms. The Labute approximate surface area is 117 Å². The zero-order valence-electron chi connectivity index (χ0n) is 12.4. The minimum absolute atomic E-state index is 0.410. The van der Waals surface area contributed by atoms with Gasteiger partial charge < -0.3 is 5.11 Å². The number of fused-ring (bicyclic) bond motifs is 3. The van der Waals surface area contributed by atoms with Gasteiger partial charge in [-0.05, 0) is 65.7 Å². The minimum atomic E-state index is 0.410. The Bertz CT molecular complexity index is 475. The molecule has 0 radical (unpaired) electrons. The van der Waals surface area contributed by atoms with Gasteiger partial charge in [-0.1, -0.05) is 39.7 Å². The SMILES string of the molecule is CC(C)c1cc2c(cc1O)C1CCCC(C)C1CC2.